The molecule has 0 amide bonds. The van der Waals surface area contributed by atoms with E-state index in [9.17, 15) is 0 Å². The van der Waals surface area contributed by atoms with E-state index >= 15 is 0 Å². The largest absolute Gasteiger partial charge is 0.0776 e. The Morgan fingerprint density at radius 3 is 0.909 bits per heavy atom. The Hall–Kier alpha value is 0. The predicted molar refractivity (Wildman–Crippen MR) is 59.1 cm³/mol. The lowest BCUT2D eigenvalue weighted by Gasteiger charge is -1.90. The van der Waals surface area contributed by atoms with Crippen LogP contribution in [0.2, 0.25) is 0 Å². The first-order valence-corrected chi connectivity index (χ1v) is 4.00. The van der Waals surface area contributed by atoms with Crippen LogP contribution in [0, 0.1) is 11.8 Å². The fourth-order valence-corrected chi connectivity index (χ4v) is 0. The standard InChI is InChI=1S/C5H12.C4H10.2CH4/c1-4-5(2)3;1-4(2)3;;/h5H,4H2,1-3H3;4H,1-3H3;2*1H4. The lowest BCUT2D eigenvalue weighted by atomic mass is 10.2. The Morgan fingerprint density at radius 1 is 0.818 bits per heavy atom. The summed E-state index contributed by atoms with van der Waals surface area (Å²) in [7, 11) is 0. The van der Waals surface area contributed by atoms with E-state index in [-0.39, 0.29) is 14.9 Å². The third kappa shape index (κ3) is 160. The van der Waals surface area contributed by atoms with E-state index in [2.05, 4.69) is 41.5 Å². The van der Waals surface area contributed by atoms with Gasteiger partial charge in [-0.25, -0.2) is 0 Å². The first kappa shape index (κ1) is 22.4. The van der Waals surface area contributed by atoms with Crippen LogP contribution in [0.5, 0.6) is 0 Å². The lowest BCUT2D eigenvalue weighted by Crippen LogP contribution is -1.77. The second kappa shape index (κ2) is 16.5. The molecule has 0 rings (SSSR count). The molecule has 0 aromatic carbocycles. The fraction of sp³-hybridized carbons (Fsp3) is 1.00. The summed E-state index contributed by atoms with van der Waals surface area (Å²) in [6.45, 7) is 13.1. The molecule has 0 saturated heterocycles. The van der Waals surface area contributed by atoms with Crippen molar-refractivity contribution >= 4 is 0 Å². The molecule has 0 aliphatic heterocycles. The van der Waals surface area contributed by atoms with Crippen LogP contribution in [0.15, 0.2) is 0 Å². The molecule has 0 aromatic rings. The van der Waals surface area contributed by atoms with Crippen molar-refractivity contribution in [2.45, 2.75) is 62.8 Å². The first-order valence-electron chi connectivity index (χ1n) is 4.00. The molecule has 0 aliphatic carbocycles. The van der Waals surface area contributed by atoms with Gasteiger partial charge in [-0.05, 0) is 11.8 Å². The van der Waals surface area contributed by atoms with Crippen LogP contribution in [0.25, 0.3) is 0 Å². The summed E-state index contributed by atoms with van der Waals surface area (Å²) in [5.74, 6) is 1.72. The molecule has 0 fully saturated rings. The summed E-state index contributed by atoms with van der Waals surface area (Å²) < 4.78 is 0. The molecule has 0 nitrogen and oxygen atoms in total. The van der Waals surface area contributed by atoms with Crippen molar-refractivity contribution < 1.29 is 0 Å². The quantitative estimate of drug-likeness (QED) is 0.509. The number of rotatable bonds is 1. The maximum atomic E-state index is 2.22. The van der Waals surface area contributed by atoms with Crippen LogP contribution in [-0.4, -0.2) is 0 Å². The molecule has 0 N–H and O–H groups in total. The van der Waals surface area contributed by atoms with Gasteiger partial charge in [0.25, 0.3) is 0 Å². The van der Waals surface area contributed by atoms with E-state index in [4.69, 9.17) is 0 Å². The second-order valence-electron chi connectivity index (χ2n) is 3.53. The molecule has 0 atom stereocenters. The van der Waals surface area contributed by atoms with Crippen molar-refractivity contribution in [1.82, 2.24) is 0 Å². The maximum Gasteiger partial charge on any atom is -0.0474 e. The van der Waals surface area contributed by atoms with Gasteiger partial charge in [-0.2, -0.15) is 0 Å². The average Bonchev–Trinajstić information content (AvgIpc) is 1.65. The lowest BCUT2D eigenvalue weighted by molar-refractivity contribution is 0.626. The van der Waals surface area contributed by atoms with Gasteiger partial charge in [0.1, 0.15) is 0 Å². The third-order valence-electron chi connectivity index (χ3n) is 0.816. The molecular weight excluding hydrogens is 132 g/mol. The Labute approximate surface area is 75.4 Å². The molecule has 0 unspecified atom stereocenters. The van der Waals surface area contributed by atoms with Crippen LogP contribution < -0.4 is 0 Å². The Kier molecular flexibility index (Phi) is 33.7. The molecule has 11 heavy (non-hydrogen) atoms. The second-order valence-corrected chi connectivity index (χ2v) is 3.53. The summed E-state index contributed by atoms with van der Waals surface area (Å²) in [6.07, 6.45) is 1.31. The summed E-state index contributed by atoms with van der Waals surface area (Å²) >= 11 is 0. The molecule has 0 saturated carbocycles. The Morgan fingerprint density at radius 2 is 0.909 bits per heavy atom. The zero-order valence-corrected chi connectivity index (χ0v) is 7.86. The molecule has 0 bridgehead atoms. The van der Waals surface area contributed by atoms with Crippen LogP contribution in [0.1, 0.15) is 62.8 Å². The van der Waals surface area contributed by atoms with Gasteiger partial charge in [0.2, 0.25) is 0 Å². The SMILES string of the molecule is C.C.CC(C)C.CCC(C)C. The molecule has 0 aromatic heterocycles. The molecule has 0 heteroatoms. The van der Waals surface area contributed by atoms with Gasteiger partial charge in [-0.1, -0.05) is 62.8 Å². The van der Waals surface area contributed by atoms with Gasteiger partial charge < -0.3 is 0 Å². The van der Waals surface area contributed by atoms with E-state index in [0.717, 1.165) is 11.8 Å². The molecule has 0 aliphatic rings. The highest BCUT2D eigenvalue weighted by Gasteiger charge is 1.80. The van der Waals surface area contributed by atoms with Gasteiger partial charge in [0, 0.05) is 0 Å². The monoisotopic (exact) mass is 162 g/mol. The van der Waals surface area contributed by atoms with Gasteiger partial charge in [0.05, 0.1) is 0 Å². The van der Waals surface area contributed by atoms with Crippen molar-refractivity contribution in [3.05, 3.63) is 0 Å². The minimum Gasteiger partial charge on any atom is -0.0776 e. The van der Waals surface area contributed by atoms with Crippen molar-refractivity contribution in [2.75, 3.05) is 0 Å². The number of hydrogen-bond donors (Lipinski definition) is 0. The Balaban J connectivity index is -0.0000000383. The highest BCUT2D eigenvalue weighted by molar-refractivity contribution is 4.32. The number of hydrogen-bond acceptors (Lipinski definition) is 0. The van der Waals surface area contributed by atoms with Crippen LogP contribution in [0.4, 0.5) is 0 Å². The van der Waals surface area contributed by atoms with Gasteiger partial charge in [-0.15, -0.1) is 0 Å². The topological polar surface area (TPSA) is 0 Å². The van der Waals surface area contributed by atoms with Crippen LogP contribution in [0.3, 0.4) is 0 Å². The zero-order chi connectivity index (χ0) is 7.86. The third-order valence-corrected chi connectivity index (χ3v) is 0.816. The fourth-order valence-electron chi connectivity index (χ4n) is 0. The zero-order valence-electron chi connectivity index (χ0n) is 7.86. The van der Waals surface area contributed by atoms with E-state index in [1.165, 1.54) is 6.42 Å². The highest BCUT2D eigenvalue weighted by Crippen LogP contribution is 1.93. The smallest absolute Gasteiger partial charge is 0.0474 e. The van der Waals surface area contributed by atoms with E-state index in [0.29, 0.717) is 0 Å². The molecule has 0 heterocycles. The predicted octanol–water partition coefficient (Wildman–Crippen LogP) is 4.99. The minimum absolute atomic E-state index is 0. The minimum atomic E-state index is 0. The average molecular weight is 162 g/mol. The van der Waals surface area contributed by atoms with E-state index < -0.39 is 0 Å². The van der Waals surface area contributed by atoms with Crippen LogP contribution in [-0.2, 0) is 0 Å². The van der Waals surface area contributed by atoms with Crippen molar-refractivity contribution in [2.24, 2.45) is 11.8 Å². The van der Waals surface area contributed by atoms with E-state index in [1.807, 2.05) is 0 Å². The van der Waals surface area contributed by atoms with Crippen molar-refractivity contribution in [1.29, 1.82) is 0 Å². The van der Waals surface area contributed by atoms with Crippen molar-refractivity contribution in [3.63, 3.8) is 0 Å². The normalized spacial score (nSPS) is 7.64. The van der Waals surface area contributed by atoms with Crippen LogP contribution >= 0.6 is 0 Å². The van der Waals surface area contributed by atoms with E-state index in [1.54, 1.807) is 0 Å². The summed E-state index contributed by atoms with van der Waals surface area (Å²) in [4.78, 5) is 0. The van der Waals surface area contributed by atoms with Gasteiger partial charge in [-0.3, -0.25) is 0 Å². The molecule has 0 radical (unpaired) electrons. The first-order chi connectivity index (χ1) is 4.00. The van der Waals surface area contributed by atoms with Gasteiger partial charge >= 0.3 is 0 Å². The molecular formula is C11H30. The molecule has 74 valence electrons. The maximum absolute atomic E-state index is 2.22. The van der Waals surface area contributed by atoms with Crippen molar-refractivity contribution in [3.8, 4) is 0 Å². The molecule has 0 spiro atoms. The Bertz CT molecular complexity index is 32.5. The van der Waals surface area contributed by atoms with Gasteiger partial charge in [0.15, 0.2) is 0 Å². The summed E-state index contributed by atoms with van der Waals surface area (Å²) in [6, 6.07) is 0. The summed E-state index contributed by atoms with van der Waals surface area (Å²) in [5, 5.41) is 0. The summed E-state index contributed by atoms with van der Waals surface area (Å²) in [5.41, 5.74) is 0. The highest BCUT2D eigenvalue weighted by atomic mass is 13.9.